The van der Waals surface area contributed by atoms with Crippen molar-refractivity contribution in [3.05, 3.63) is 34.8 Å². The first kappa shape index (κ1) is 23.0. The number of likely N-dealkylation sites (N-methyl/N-ethyl adjacent to an activating group) is 1. The van der Waals surface area contributed by atoms with E-state index in [1.165, 1.54) is 11.1 Å². The van der Waals surface area contributed by atoms with E-state index < -0.39 is 31.2 Å². The van der Waals surface area contributed by atoms with Gasteiger partial charge in [0.2, 0.25) is 5.95 Å². The molecular weight excluding hydrogens is 468 g/mol. The van der Waals surface area contributed by atoms with E-state index in [9.17, 15) is 13.6 Å². The van der Waals surface area contributed by atoms with E-state index in [0.29, 0.717) is 48.6 Å². The number of rotatable bonds is 4. The number of nitriles is 1. The summed E-state index contributed by atoms with van der Waals surface area (Å²) in [5.41, 5.74) is 1.53. The van der Waals surface area contributed by atoms with E-state index >= 15 is 0 Å². The van der Waals surface area contributed by atoms with Crippen molar-refractivity contribution < 1.29 is 18.3 Å². The van der Waals surface area contributed by atoms with E-state index in [1.54, 1.807) is 7.05 Å². The van der Waals surface area contributed by atoms with Gasteiger partial charge in [-0.1, -0.05) is 11.6 Å². The Labute approximate surface area is 200 Å². The van der Waals surface area contributed by atoms with Crippen molar-refractivity contribution in [3.63, 3.8) is 0 Å². The number of alkyl halides is 2. The van der Waals surface area contributed by atoms with Crippen molar-refractivity contribution in [2.45, 2.75) is 30.9 Å². The quantitative estimate of drug-likeness (QED) is 0.660. The number of allylic oxidation sites excluding steroid dienone is 3. The highest BCUT2D eigenvalue weighted by Gasteiger charge is 2.50. The highest BCUT2D eigenvalue weighted by atomic mass is 35.5. The Kier molecular flexibility index (Phi) is 5.91. The third kappa shape index (κ3) is 4.21. The van der Waals surface area contributed by atoms with Gasteiger partial charge < -0.3 is 25.2 Å². The largest absolute Gasteiger partial charge is 0.360 e. The summed E-state index contributed by atoms with van der Waals surface area (Å²) >= 11 is 6.34. The van der Waals surface area contributed by atoms with E-state index in [2.05, 4.69) is 26.7 Å². The number of carbonyl (C=O) groups excluding carboxylic acids is 1. The SMILES string of the molecule is CN1C(=O)C2OCC(F)(F)CNC2C2CC(Nc3nc(N4CC(CC#N)C4)ncc3Cl)=CC=C21. The fourth-order valence-electron chi connectivity index (χ4n) is 4.86. The van der Waals surface area contributed by atoms with Gasteiger partial charge in [0, 0.05) is 49.8 Å². The number of fused-ring (bicyclic) bond motifs is 3. The summed E-state index contributed by atoms with van der Waals surface area (Å²) in [7, 11) is 1.64. The Morgan fingerprint density at radius 1 is 1.41 bits per heavy atom. The normalized spacial score (nSPS) is 28.6. The van der Waals surface area contributed by atoms with Crippen LogP contribution in [-0.4, -0.2) is 72.1 Å². The summed E-state index contributed by atoms with van der Waals surface area (Å²) in [5.74, 6) is -2.36. The molecular formula is C22H24ClF2N7O2. The first-order valence-corrected chi connectivity index (χ1v) is 11.5. The number of carbonyl (C=O) groups is 1. The number of nitrogens with one attached hydrogen (secondary N) is 2. The number of ether oxygens (including phenoxy) is 1. The molecule has 3 saturated heterocycles. The Balaban J connectivity index is 1.35. The van der Waals surface area contributed by atoms with E-state index in [0.717, 1.165) is 11.4 Å². The van der Waals surface area contributed by atoms with Crippen molar-refractivity contribution in [1.82, 2.24) is 20.2 Å². The minimum Gasteiger partial charge on any atom is -0.360 e. The second-order valence-corrected chi connectivity index (χ2v) is 9.52. The number of hydrogen-bond acceptors (Lipinski definition) is 8. The van der Waals surface area contributed by atoms with Crippen LogP contribution in [0.5, 0.6) is 0 Å². The first-order valence-electron chi connectivity index (χ1n) is 11.1. The van der Waals surface area contributed by atoms with Gasteiger partial charge in [-0.15, -0.1) is 0 Å². The smallest absolute Gasteiger partial charge is 0.283 e. The lowest BCUT2D eigenvalue weighted by Gasteiger charge is -2.44. The van der Waals surface area contributed by atoms with E-state index in [4.69, 9.17) is 21.6 Å². The molecule has 3 unspecified atom stereocenters. The predicted molar refractivity (Wildman–Crippen MR) is 120 cm³/mol. The second kappa shape index (κ2) is 8.76. The van der Waals surface area contributed by atoms with Gasteiger partial charge in [-0.2, -0.15) is 10.2 Å². The summed E-state index contributed by atoms with van der Waals surface area (Å²) in [4.78, 5) is 25.1. The maximum Gasteiger partial charge on any atom is 0.283 e. The summed E-state index contributed by atoms with van der Waals surface area (Å²) < 4.78 is 33.3. The van der Waals surface area contributed by atoms with Crippen LogP contribution in [0.4, 0.5) is 20.5 Å². The molecule has 0 aromatic carbocycles. The molecule has 0 spiro atoms. The van der Waals surface area contributed by atoms with Crippen LogP contribution >= 0.6 is 11.6 Å². The lowest BCUT2D eigenvalue weighted by atomic mass is 9.80. The fraction of sp³-hybridized carbons (Fsp3) is 0.545. The molecule has 0 bridgehead atoms. The minimum atomic E-state index is -3.04. The van der Waals surface area contributed by atoms with Crippen LogP contribution in [0.3, 0.4) is 0 Å². The van der Waals surface area contributed by atoms with Crippen LogP contribution in [0.15, 0.2) is 29.7 Å². The van der Waals surface area contributed by atoms with Crippen LogP contribution in [0.25, 0.3) is 0 Å². The average molecular weight is 492 g/mol. The maximum absolute atomic E-state index is 14.0. The maximum atomic E-state index is 14.0. The highest BCUT2D eigenvalue weighted by molar-refractivity contribution is 6.32. The molecule has 1 aromatic heterocycles. The monoisotopic (exact) mass is 491 g/mol. The molecule has 5 rings (SSSR count). The fourth-order valence-corrected chi connectivity index (χ4v) is 5.00. The minimum absolute atomic E-state index is 0.253. The lowest BCUT2D eigenvalue weighted by Crippen LogP contribution is -2.59. The number of aromatic nitrogens is 2. The molecule has 0 radical (unpaired) electrons. The predicted octanol–water partition coefficient (Wildman–Crippen LogP) is 2.14. The van der Waals surface area contributed by atoms with Crippen LogP contribution in [0.2, 0.25) is 5.02 Å². The van der Waals surface area contributed by atoms with Gasteiger partial charge in [0.05, 0.1) is 24.9 Å². The van der Waals surface area contributed by atoms with Gasteiger partial charge in [0.15, 0.2) is 11.9 Å². The van der Waals surface area contributed by atoms with Crippen molar-refractivity contribution in [2.75, 3.05) is 43.5 Å². The van der Waals surface area contributed by atoms with Crippen molar-refractivity contribution in [3.8, 4) is 6.07 Å². The van der Waals surface area contributed by atoms with Crippen LogP contribution in [0, 0.1) is 23.2 Å². The van der Waals surface area contributed by atoms with Crippen LogP contribution in [0.1, 0.15) is 12.8 Å². The second-order valence-electron chi connectivity index (χ2n) is 9.11. The number of hydrogen-bond donors (Lipinski definition) is 2. The van der Waals surface area contributed by atoms with Crippen LogP contribution < -0.4 is 15.5 Å². The van der Waals surface area contributed by atoms with Crippen LogP contribution in [-0.2, 0) is 9.53 Å². The number of anilines is 2. The number of nitrogens with zero attached hydrogens (tertiary/aromatic N) is 5. The topological polar surface area (TPSA) is 106 Å². The molecule has 4 heterocycles. The van der Waals surface area contributed by atoms with Gasteiger partial charge in [0.25, 0.3) is 11.8 Å². The first-order chi connectivity index (χ1) is 16.3. The molecule has 1 amide bonds. The van der Waals surface area contributed by atoms with E-state index in [-0.39, 0.29) is 11.8 Å². The molecule has 4 aliphatic rings. The van der Waals surface area contributed by atoms with E-state index in [1.807, 2.05) is 17.1 Å². The average Bonchev–Trinajstić information content (AvgIpc) is 2.94. The number of likely N-dealkylation sites (tertiary alicyclic amines) is 1. The third-order valence-corrected chi connectivity index (χ3v) is 6.97. The molecule has 3 atom stereocenters. The van der Waals surface area contributed by atoms with Gasteiger partial charge in [-0.3, -0.25) is 4.79 Å². The molecule has 9 nitrogen and oxygen atoms in total. The Morgan fingerprint density at radius 3 is 2.97 bits per heavy atom. The molecule has 34 heavy (non-hydrogen) atoms. The van der Waals surface area contributed by atoms with Gasteiger partial charge in [-0.05, 0) is 18.6 Å². The Bertz CT molecular complexity index is 1100. The third-order valence-electron chi connectivity index (χ3n) is 6.70. The molecule has 2 N–H and O–H groups in total. The number of piperidine rings is 1. The molecule has 3 fully saturated rings. The molecule has 180 valence electrons. The zero-order valence-corrected chi connectivity index (χ0v) is 19.2. The Morgan fingerprint density at radius 2 is 2.21 bits per heavy atom. The zero-order chi connectivity index (χ0) is 24.0. The van der Waals surface area contributed by atoms with Gasteiger partial charge in [0.1, 0.15) is 11.6 Å². The molecule has 0 saturated carbocycles. The summed E-state index contributed by atoms with van der Waals surface area (Å²) in [6.07, 6.45) is 5.15. The van der Waals surface area contributed by atoms with Crippen molar-refractivity contribution in [1.29, 1.82) is 5.26 Å². The van der Waals surface area contributed by atoms with Gasteiger partial charge >= 0.3 is 0 Å². The van der Waals surface area contributed by atoms with Crippen molar-refractivity contribution in [2.24, 2.45) is 11.8 Å². The molecule has 12 heteroatoms. The summed E-state index contributed by atoms with van der Waals surface area (Å²) in [6, 6.07) is 1.60. The lowest BCUT2D eigenvalue weighted by molar-refractivity contribution is -0.152. The van der Waals surface area contributed by atoms with Gasteiger partial charge in [-0.25, -0.2) is 13.8 Å². The number of amides is 1. The number of halogens is 3. The summed E-state index contributed by atoms with van der Waals surface area (Å²) in [5, 5.41) is 15.3. The summed E-state index contributed by atoms with van der Waals surface area (Å²) in [6.45, 7) is 0.0835. The van der Waals surface area contributed by atoms with Crippen molar-refractivity contribution >= 4 is 29.3 Å². The Hall–Kier alpha value is -2.81. The molecule has 1 aliphatic carbocycles. The standard InChI is InChI=1S/C22H24ClF2N7O2/c1-31-16-3-2-13(6-14(16)17-18(20(31)33)34-11-22(24,25)10-28-17)29-19-15(23)7-27-21(30-19)32-8-12(9-32)4-5-26/h2-3,7,12,14,17-18,28H,4,6,8-11H2,1H3,(H,27,29,30). The zero-order valence-electron chi connectivity index (χ0n) is 18.5. The molecule has 1 aromatic rings. The molecule has 3 aliphatic heterocycles. The highest BCUT2D eigenvalue weighted by Crippen LogP contribution is 2.39.